The lowest BCUT2D eigenvalue weighted by Gasteiger charge is -2.09. The molecule has 0 fully saturated rings. The average molecular weight is 417 g/mol. The predicted octanol–water partition coefficient (Wildman–Crippen LogP) is 4.46. The molecule has 0 radical (unpaired) electrons. The molecule has 3 rings (SSSR count). The van der Waals surface area contributed by atoms with Crippen LogP contribution in [0, 0.1) is 0 Å². The number of rotatable bonds is 6. The van der Waals surface area contributed by atoms with Crippen molar-refractivity contribution in [2.45, 2.75) is 0 Å². The van der Waals surface area contributed by atoms with Crippen LogP contribution in [-0.2, 0) is 0 Å². The molecule has 1 N–H and O–H groups in total. The summed E-state index contributed by atoms with van der Waals surface area (Å²) in [5.74, 6) is 0.502. The number of methoxy groups -OCH3 is 1. The van der Waals surface area contributed by atoms with Gasteiger partial charge in [-0.25, -0.2) is 9.78 Å². The fourth-order valence-electron chi connectivity index (χ4n) is 2.16. The molecule has 7 nitrogen and oxygen atoms in total. The first kappa shape index (κ1) is 19.6. The zero-order valence-corrected chi connectivity index (χ0v) is 16.1. The Hall–Kier alpha value is -3.16. The maximum absolute atomic E-state index is 12.2. The molecule has 2 heterocycles. The van der Waals surface area contributed by atoms with Crippen LogP contribution in [0.15, 0.2) is 60.1 Å². The van der Waals surface area contributed by atoms with Crippen molar-refractivity contribution >= 4 is 41.2 Å². The Morgan fingerprint density at radius 1 is 1.18 bits per heavy atom. The summed E-state index contributed by atoms with van der Waals surface area (Å²) in [6, 6.07) is 9.83. The monoisotopic (exact) mass is 416 g/mol. The van der Waals surface area contributed by atoms with Gasteiger partial charge in [0.1, 0.15) is 0 Å². The van der Waals surface area contributed by atoms with Crippen molar-refractivity contribution < 1.29 is 14.3 Å². The van der Waals surface area contributed by atoms with E-state index in [0.29, 0.717) is 32.7 Å². The van der Waals surface area contributed by atoms with Gasteiger partial charge in [-0.1, -0.05) is 23.2 Å². The molecular formula is C19H14Cl2N4O3. The Morgan fingerprint density at radius 2 is 2.04 bits per heavy atom. The maximum Gasteiger partial charge on any atom is 0.345 e. The standard InChI is InChI=1S/C19H14Cl2N4O3/c1-27-17-7-12(9-24-25-18-15(21)8-14(20)11-23-18)4-5-16(17)28-19(26)13-3-2-6-22-10-13/h2-11H,1H3,(H,23,25)/b24-9+. The zero-order chi connectivity index (χ0) is 19.9. The predicted molar refractivity (Wildman–Crippen MR) is 108 cm³/mol. The molecule has 0 aliphatic heterocycles. The molecule has 0 atom stereocenters. The maximum atomic E-state index is 12.2. The van der Waals surface area contributed by atoms with Gasteiger partial charge in [-0.05, 0) is 42.0 Å². The number of nitrogens with zero attached hydrogens (tertiary/aromatic N) is 3. The van der Waals surface area contributed by atoms with E-state index in [0.717, 1.165) is 0 Å². The van der Waals surface area contributed by atoms with Crippen LogP contribution in [-0.4, -0.2) is 29.3 Å². The van der Waals surface area contributed by atoms with E-state index < -0.39 is 5.97 Å². The Balaban J connectivity index is 1.71. The summed E-state index contributed by atoms with van der Waals surface area (Å²) < 4.78 is 10.7. The van der Waals surface area contributed by atoms with Gasteiger partial charge in [0.15, 0.2) is 17.3 Å². The van der Waals surface area contributed by atoms with Crippen LogP contribution in [0.3, 0.4) is 0 Å². The third-order valence-corrected chi connectivity index (χ3v) is 3.97. The first-order chi connectivity index (χ1) is 13.6. The number of carbonyl (C=O) groups excluding carboxylic acids is 1. The van der Waals surface area contributed by atoms with Crippen molar-refractivity contribution in [3.63, 3.8) is 0 Å². The lowest BCUT2D eigenvalue weighted by molar-refractivity contribution is 0.0729. The number of halogens is 2. The quantitative estimate of drug-likeness (QED) is 0.276. The van der Waals surface area contributed by atoms with Crippen molar-refractivity contribution in [3.8, 4) is 11.5 Å². The van der Waals surface area contributed by atoms with Gasteiger partial charge in [-0.2, -0.15) is 5.10 Å². The molecule has 0 unspecified atom stereocenters. The van der Waals surface area contributed by atoms with E-state index in [1.54, 1.807) is 48.8 Å². The first-order valence-corrected chi connectivity index (χ1v) is 8.73. The summed E-state index contributed by atoms with van der Waals surface area (Å²) in [6.07, 6.45) is 6.01. The van der Waals surface area contributed by atoms with E-state index in [-0.39, 0.29) is 5.75 Å². The van der Waals surface area contributed by atoms with Gasteiger partial charge in [0.25, 0.3) is 0 Å². The van der Waals surface area contributed by atoms with Crippen LogP contribution >= 0.6 is 23.2 Å². The molecule has 0 amide bonds. The molecule has 0 aliphatic carbocycles. The van der Waals surface area contributed by atoms with Crippen LogP contribution in [0.25, 0.3) is 0 Å². The highest BCUT2D eigenvalue weighted by molar-refractivity contribution is 6.35. The molecule has 3 aromatic rings. The Morgan fingerprint density at radius 3 is 2.75 bits per heavy atom. The van der Waals surface area contributed by atoms with Crippen LogP contribution in [0.1, 0.15) is 15.9 Å². The Kier molecular flexibility index (Phi) is 6.41. The summed E-state index contributed by atoms with van der Waals surface area (Å²) in [6.45, 7) is 0. The van der Waals surface area contributed by atoms with E-state index in [1.807, 2.05) is 0 Å². The SMILES string of the molecule is COc1cc(/C=N/Nc2ncc(Cl)cc2Cl)ccc1OC(=O)c1cccnc1. The van der Waals surface area contributed by atoms with Crippen molar-refractivity contribution in [1.29, 1.82) is 0 Å². The topological polar surface area (TPSA) is 85.7 Å². The minimum absolute atomic E-state index is 0.281. The van der Waals surface area contributed by atoms with Gasteiger partial charge >= 0.3 is 5.97 Å². The summed E-state index contributed by atoms with van der Waals surface area (Å²) in [5.41, 5.74) is 3.77. The molecular weight excluding hydrogens is 403 g/mol. The molecule has 0 bridgehead atoms. The minimum atomic E-state index is -0.530. The molecule has 9 heteroatoms. The lowest BCUT2D eigenvalue weighted by atomic mass is 10.2. The summed E-state index contributed by atoms with van der Waals surface area (Å²) >= 11 is 11.8. The van der Waals surface area contributed by atoms with Crippen LogP contribution in [0.4, 0.5) is 5.82 Å². The van der Waals surface area contributed by atoms with E-state index in [9.17, 15) is 4.79 Å². The van der Waals surface area contributed by atoms with Crippen molar-refractivity contribution in [3.05, 3.63) is 76.2 Å². The Labute approximate surface area is 170 Å². The van der Waals surface area contributed by atoms with E-state index >= 15 is 0 Å². The van der Waals surface area contributed by atoms with E-state index in [1.165, 1.54) is 19.5 Å². The number of benzene rings is 1. The van der Waals surface area contributed by atoms with Gasteiger partial charge < -0.3 is 9.47 Å². The number of anilines is 1. The molecule has 0 saturated carbocycles. The summed E-state index contributed by atoms with van der Waals surface area (Å²) in [5, 5.41) is 4.86. The molecule has 142 valence electrons. The second-order valence-corrected chi connectivity index (χ2v) is 6.24. The van der Waals surface area contributed by atoms with Crippen molar-refractivity contribution in [2.75, 3.05) is 12.5 Å². The molecule has 0 saturated heterocycles. The average Bonchev–Trinajstić information content (AvgIpc) is 2.71. The molecule has 1 aromatic carbocycles. The van der Waals surface area contributed by atoms with Gasteiger partial charge in [-0.3, -0.25) is 10.4 Å². The second-order valence-electron chi connectivity index (χ2n) is 5.40. The van der Waals surface area contributed by atoms with Crippen molar-refractivity contribution in [1.82, 2.24) is 9.97 Å². The van der Waals surface area contributed by atoms with Crippen LogP contribution in [0.2, 0.25) is 10.0 Å². The summed E-state index contributed by atoms with van der Waals surface area (Å²) in [7, 11) is 1.48. The second kappa shape index (κ2) is 9.16. The molecule has 28 heavy (non-hydrogen) atoms. The highest BCUT2D eigenvalue weighted by atomic mass is 35.5. The number of hydrogen-bond donors (Lipinski definition) is 1. The van der Waals surface area contributed by atoms with E-state index in [4.69, 9.17) is 32.7 Å². The first-order valence-electron chi connectivity index (χ1n) is 7.97. The van der Waals surface area contributed by atoms with Crippen molar-refractivity contribution in [2.24, 2.45) is 5.10 Å². The largest absolute Gasteiger partial charge is 0.493 e. The number of carbonyl (C=O) groups is 1. The van der Waals surface area contributed by atoms with Gasteiger partial charge in [0, 0.05) is 18.6 Å². The van der Waals surface area contributed by atoms with Crippen LogP contribution in [0.5, 0.6) is 11.5 Å². The lowest BCUT2D eigenvalue weighted by Crippen LogP contribution is -2.09. The normalized spacial score (nSPS) is 10.7. The van der Waals surface area contributed by atoms with Gasteiger partial charge in [0.05, 0.1) is 28.9 Å². The third-order valence-electron chi connectivity index (χ3n) is 3.48. The number of nitrogens with one attached hydrogen (secondary N) is 1. The number of esters is 1. The fourth-order valence-corrected chi connectivity index (χ4v) is 2.58. The number of pyridine rings is 2. The van der Waals surface area contributed by atoms with Crippen LogP contribution < -0.4 is 14.9 Å². The summed E-state index contributed by atoms with van der Waals surface area (Å²) in [4.78, 5) is 20.1. The number of ether oxygens (including phenoxy) is 2. The highest BCUT2D eigenvalue weighted by Crippen LogP contribution is 2.28. The molecule has 0 aliphatic rings. The van der Waals surface area contributed by atoms with Gasteiger partial charge in [-0.15, -0.1) is 0 Å². The molecule has 0 spiro atoms. The number of hydrazone groups is 1. The fraction of sp³-hybridized carbons (Fsp3) is 0.0526. The highest BCUT2D eigenvalue weighted by Gasteiger charge is 2.12. The smallest absolute Gasteiger partial charge is 0.345 e. The zero-order valence-electron chi connectivity index (χ0n) is 14.6. The molecule has 2 aromatic heterocycles. The minimum Gasteiger partial charge on any atom is -0.493 e. The van der Waals surface area contributed by atoms with E-state index in [2.05, 4.69) is 20.5 Å². The van der Waals surface area contributed by atoms with Gasteiger partial charge in [0.2, 0.25) is 0 Å². The number of hydrogen-bond acceptors (Lipinski definition) is 7. The number of aromatic nitrogens is 2. The Bertz CT molecular complexity index is 1010. The third kappa shape index (κ3) is 4.97.